The molecule has 0 atom stereocenters. The first-order valence-electron chi connectivity index (χ1n) is 7.37. The number of carbonyl (C=O) groups is 1. The van der Waals surface area contributed by atoms with Crippen LogP contribution in [0.15, 0.2) is 54.7 Å². The van der Waals surface area contributed by atoms with E-state index in [0.717, 1.165) is 12.1 Å². The Bertz CT molecular complexity index is 945. The average Bonchev–Trinajstić information content (AvgIpc) is 2.55. The third-order valence-electron chi connectivity index (χ3n) is 3.70. The summed E-state index contributed by atoms with van der Waals surface area (Å²) < 4.78 is 38.5. The Hall–Kier alpha value is -2.80. The SMILES string of the molecule is Cl.O=C(O)Cc1ccccc1Nc1ccnc2cc(C(F)(F)F)ccc12. The first-order valence-corrected chi connectivity index (χ1v) is 7.37. The highest BCUT2D eigenvalue weighted by molar-refractivity contribution is 5.93. The van der Waals surface area contributed by atoms with Gasteiger partial charge in [0.05, 0.1) is 17.5 Å². The number of hydrogen-bond donors (Lipinski definition) is 2. The van der Waals surface area contributed by atoms with Crippen molar-refractivity contribution in [2.24, 2.45) is 0 Å². The van der Waals surface area contributed by atoms with Gasteiger partial charge in [-0.1, -0.05) is 24.3 Å². The summed E-state index contributed by atoms with van der Waals surface area (Å²) in [5, 5.41) is 12.6. The number of hydrogen-bond acceptors (Lipinski definition) is 3. The molecule has 0 aliphatic heterocycles. The number of aliphatic carboxylic acids is 1. The number of anilines is 2. The number of alkyl halides is 3. The van der Waals surface area contributed by atoms with E-state index in [1.165, 1.54) is 12.3 Å². The van der Waals surface area contributed by atoms with Crippen molar-refractivity contribution in [3.8, 4) is 0 Å². The summed E-state index contributed by atoms with van der Waals surface area (Å²) in [6.45, 7) is 0. The maximum Gasteiger partial charge on any atom is 0.416 e. The smallest absolute Gasteiger partial charge is 0.416 e. The van der Waals surface area contributed by atoms with Gasteiger partial charge in [-0.05, 0) is 29.8 Å². The van der Waals surface area contributed by atoms with Crippen molar-refractivity contribution in [3.05, 3.63) is 65.9 Å². The lowest BCUT2D eigenvalue weighted by molar-refractivity contribution is -0.138. The molecule has 1 aromatic heterocycles. The molecule has 0 spiro atoms. The quantitative estimate of drug-likeness (QED) is 0.663. The summed E-state index contributed by atoms with van der Waals surface area (Å²) in [7, 11) is 0. The van der Waals surface area contributed by atoms with Gasteiger partial charge in [-0.2, -0.15) is 13.2 Å². The first-order chi connectivity index (χ1) is 11.8. The molecule has 1 heterocycles. The molecule has 2 N–H and O–H groups in total. The molecule has 0 aliphatic rings. The van der Waals surface area contributed by atoms with Crippen LogP contribution in [0.1, 0.15) is 11.1 Å². The van der Waals surface area contributed by atoms with Crippen molar-refractivity contribution in [1.29, 1.82) is 0 Å². The van der Waals surface area contributed by atoms with Gasteiger partial charge in [0.25, 0.3) is 0 Å². The zero-order valence-electron chi connectivity index (χ0n) is 13.2. The average molecular weight is 383 g/mol. The van der Waals surface area contributed by atoms with Gasteiger partial charge in [0.1, 0.15) is 0 Å². The Morgan fingerprint density at radius 3 is 2.50 bits per heavy atom. The van der Waals surface area contributed by atoms with Crippen LogP contribution in [0.5, 0.6) is 0 Å². The number of para-hydroxylation sites is 1. The highest BCUT2D eigenvalue weighted by Gasteiger charge is 2.30. The summed E-state index contributed by atoms with van der Waals surface area (Å²) in [5.74, 6) is -0.969. The maximum atomic E-state index is 12.8. The predicted octanol–water partition coefficient (Wildman–Crippen LogP) is 5.05. The number of aromatic nitrogens is 1. The maximum absolute atomic E-state index is 12.8. The summed E-state index contributed by atoms with van der Waals surface area (Å²) in [5.41, 5.74) is 1.15. The minimum Gasteiger partial charge on any atom is -0.481 e. The second-order valence-corrected chi connectivity index (χ2v) is 5.44. The number of pyridine rings is 1. The van der Waals surface area contributed by atoms with Gasteiger partial charge in [0.15, 0.2) is 0 Å². The number of carboxylic acid groups (broad SMARTS) is 1. The monoisotopic (exact) mass is 382 g/mol. The minimum atomic E-state index is -4.44. The molecule has 8 heteroatoms. The largest absolute Gasteiger partial charge is 0.481 e. The summed E-state index contributed by atoms with van der Waals surface area (Å²) in [4.78, 5) is 15.0. The van der Waals surface area contributed by atoms with Crippen molar-refractivity contribution in [1.82, 2.24) is 4.98 Å². The van der Waals surface area contributed by atoms with Crippen LogP contribution in [-0.4, -0.2) is 16.1 Å². The zero-order valence-corrected chi connectivity index (χ0v) is 14.1. The van der Waals surface area contributed by atoms with Gasteiger partial charge in [-0.15, -0.1) is 12.4 Å². The molecule has 2 aromatic carbocycles. The number of nitrogens with one attached hydrogen (secondary N) is 1. The lowest BCUT2D eigenvalue weighted by Gasteiger charge is -2.14. The third-order valence-corrected chi connectivity index (χ3v) is 3.70. The molecule has 0 fully saturated rings. The Morgan fingerprint density at radius 1 is 1.08 bits per heavy atom. The molecule has 136 valence electrons. The number of benzene rings is 2. The lowest BCUT2D eigenvalue weighted by atomic mass is 10.1. The molecule has 0 radical (unpaired) electrons. The first kappa shape index (κ1) is 19.5. The van der Waals surface area contributed by atoms with E-state index < -0.39 is 17.7 Å². The van der Waals surface area contributed by atoms with Crippen LogP contribution in [0.2, 0.25) is 0 Å². The number of carboxylic acids is 1. The van der Waals surface area contributed by atoms with Crippen LogP contribution in [-0.2, 0) is 17.4 Å². The number of rotatable bonds is 4. The molecule has 0 amide bonds. The highest BCUT2D eigenvalue weighted by atomic mass is 35.5. The van der Waals surface area contributed by atoms with Crippen LogP contribution >= 0.6 is 12.4 Å². The van der Waals surface area contributed by atoms with E-state index in [9.17, 15) is 18.0 Å². The molecular formula is C18H14ClF3N2O2. The molecule has 4 nitrogen and oxygen atoms in total. The van der Waals surface area contributed by atoms with Gasteiger partial charge < -0.3 is 10.4 Å². The van der Waals surface area contributed by atoms with E-state index in [-0.39, 0.29) is 24.3 Å². The van der Waals surface area contributed by atoms with Crippen LogP contribution in [0.25, 0.3) is 10.9 Å². The highest BCUT2D eigenvalue weighted by Crippen LogP contribution is 2.33. The topological polar surface area (TPSA) is 62.2 Å². The molecule has 0 aliphatic carbocycles. The molecule has 3 rings (SSSR count). The van der Waals surface area contributed by atoms with Crippen LogP contribution in [0.3, 0.4) is 0 Å². The lowest BCUT2D eigenvalue weighted by Crippen LogP contribution is -2.05. The van der Waals surface area contributed by atoms with Crippen LogP contribution in [0, 0.1) is 0 Å². The number of halogens is 4. The van der Waals surface area contributed by atoms with Gasteiger partial charge in [-0.25, -0.2) is 0 Å². The molecule has 0 saturated carbocycles. The second-order valence-electron chi connectivity index (χ2n) is 5.44. The van der Waals surface area contributed by atoms with E-state index in [0.29, 0.717) is 22.3 Å². The van der Waals surface area contributed by atoms with E-state index in [4.69, 9.17) is 5.11 Å². The molecule has 3 aromatic rings. The standard InChI is InChI=1S/C18H13F3N2O2.ClH/c19-18(20,21)12-5-6-13-15(7-8-22-16(13)10-12)23-14-4-2-1-3-11(14)9-17(24)25;/h1-8,10H,9H2,(H,22,23)(H,24,25);1H. The van der Waals surface area contributed by atoms with Gasteiger partial charge in [-0.3, -0.25) is 9.78 Å². The van der Waals surface area contributed by atoms with Crippen molar-refractivity contribution in [3.63, 3.8) is 0 Å². The second kappa shape index (κ2) is 7.61. The molecule has 0 unspecified atom stereocenters. The van der Waals surface area contributed by atoms with Crippen LogP contribution in [0.4, 0.5) is 24.5 Å². The number of fused-ring (bicyclic) bond motifs is 1. The Balaban J connectivity index is 0.00000243. The van der Waals surface area contributed by atoms with Gasteiger partial charge in [0.2, 0.25) is 0 Å². The van der Waals surface area contributed by atoms with Gasteiger partial charge in [0, 0.05) is 23.0 Å². The summed E-state index contributed by atoms with van der Waals surface area (Å²) in [6, 6.07) is 11.8. The minimum absolute atomic E-state index is 0. The zero-order chi connectivity index (χ0) is 18.0. The molecular weight excluding hydrogens is 369 g/mol. The van der Waals surface area contributed by atoms with E-state index >= 15 is 0 Å². The van der Waals surface area contributed by atoms with Gasteiger partial charge >= 0.3 is 12.1 Å². The summed E-state index contributed by atoms with van der Waals surface area (Å²) in [6.07, 6.45) is -3.19. The van der Waals surface area contributed by atoms with E-state index in [1.54, 1.807) is 30.3 Å². The van der Waals surface area contributed by atoms with Crippen molar-refractivity contribution < 1.29 is 23.1 Å². The normalized spacial score (nSPS) is 11.0. The van der Waals surface area contributed by atoms with Crippen molar-refractivity contribution >= 4 is 40.7 Å². The molecule has 26 heavy (non-hydrogen) atoms. The number of nitrogens with zero attached hydrogens (tertiary/aromatic N) is 1. The van der Waals surface area contributed by atoms with Crippen LogP contribution < -0.4 is 5.32 Å². The Kier molecular flexibility index (Phi) is 5.72. The van der Waals surface area contributed by atoms with Crippen molar-refractivity contribution in [2.45, 2.75) is 12.6 Å². The van der Waals surface area contributed by atoms with Crippen molar-refractivity contribution in [2.75, 3.05) is 5.32 Å². The van der Waals surface area contributed by atoms with E-state index in [1.807, 2.05) is 0 Å². The Labute approximate surface area is 153 Å². The van der Waals surface area contributed by atoms with E-state index in [2.05, 4.69) is 10.3 Å². The Morgan fingerprint density at radius 2 is 1.81 bits per heavy atom. The summed E-state index contributed by atoms with van der Waals surface area (Å²) >= 11 is 0. The third kappa shape index (κ3) is 4.23. The predicted molar refractivity (Wildman–Crippen MR) is 95.1 cm³/mol. The molecule has 0 bridgehead atoms. The molecule has 0 saturated heterocycles. The fourth-order valence-electron chi connectivity index (χ4n) is 2.54. The fourth-order valence-corrected chi connectivity index (χ4v) is 2.54. The fraction of sp³-hybridized carbons (Fsp3) is 0.111.